The summed E-state index contributed by atoms with van der Waals surface area (Å²) in [7, 11) is 3.24. The number of rotatable bonds is 6. The standard InChI is InChI=1S/C19H20ClN5O3/c1-12-15(19(27)24(2)3)10-21-25(18(12)26)11-17-22-16(23-28-17)9-6-13-4-7-14(20)8-5-13/h4-5,7-8,10H,6,9,11H2,1-3H3. The molecular formula is C19H20ClN5O3. The largest absolute Gasteiger partial charge is 0.345 e. The second-order valence-electron chi connectivity index (χ2n) is 6.58. The quantitative estimate of drug-likeness (QED) is 0.628. The average Bonchev–Trinajstić information content (AvgIpc) is 3.12. The van der Waals surface area contributed by atoms with E-state index in [1.807, 2.05) is 24.3 Å². The predicted molar refractivity (Wildman–Crippen MR) is 104 cm³/mol. The van der Waals surface area contributed by atoms with Crippen molar-refractivity contribution in [2.24, 2.45) is 0 Å². The predicted octanol–water partition coefficient (Wildman–Crippen LogP) is 2.12. The van der Waals surface area contributed by atoms with Crippen LogP contribution in [0.25, 0.3) is 0 Å². The number of aromatic nitrogens is 4. The number of aryl methyl sites for hydroxylation is 2. The third-order valence-electron chi connectivity index (χ3n) is 4.27. The van der Waals surface area contributed by atoms with E-state index in [1.165, 1.54) is 15.8 Å². The molecule has 1 amide bonds. The van der Waals surface area contributed by atoms with Crippen molar-refractivity contribution in [1.29, 1.82) is 0 Å². The highest BCUT2D eigenvalue weighted by Crippen LogP contribution is 2.11. The van der Waals surface area contributed by atoms with Gasteiger partial charge in [0.05, 0.1) is 11.8 Å². The van der Waals surface area contributed by atoms with Crippen LogP contribution in [0.1, 0.15) is 33.2 Å². The van der Waals surface area contributed by atoms with Crippen molar-refractivity contribution >= 4 is 17.5 Å². The van der Waals surface area contributed by atoms with Crippen LogP contribution in [-0.4, -0.2) is 44.8 Å². The highest BCUT2D eigenvalue weighted by molar-refractivity contribution is 6.30. The number of carbonyl (C=O) groups excluding carboxylic acids is 1. The van der Waals surface area contributed by atoms with Crippen molar-refractivity contribution in [2.75, 3.05) is 14.1 Å². The minimum atomic E-state index is -0.367. The highest BCUT2D eigenvalue weighted by Gasteiger charge is 2.17. The first kappa shape index (κ1) is 19.8. The van der Waals surface area contributed by atoms with Crippen LogP contribution in [0.4, 0.5) is 0 Å². The Morgan fingerprint density at radius 1 is 1.21 bits per heavy atom. The van der Waals surface area contributed by atoms with E-state index >= 15 is 0 Å². The maximum atomic E-state index is 12.5. The molecule has 2 aromatic heterocycles. The van der Waals surface area contributed by atoms with Gasteiger partial charge in [0, 0.05) is 31.1 Å². The monoisotopic (exact) mass is 401 g/mol. The van der Waals surface area contributed by atoms with Gasteiger partial charge in [-0.05, 0) is 31.0 Å². The minimum Gasteiger partial charge on any atom is -0.345 e. The van der Waals surface area contributed by atoms with E-state index in [1.54, 1.807) is 21.0 Å². The zero-order valence-electron chi connectivity index (χ0n) is 15.8. The Kier molecular flexibility index (Phi) is 5.89. The fourth-order valence-corrected chi connectivity index (χ4v) is 2.77. The number of halogens is 1. The molecule has 2 heterocycles. The molecule has 3 rings (SSSR count). The van der Waals surface area contributed by atoms with Crippen molar-refractivity contribution in [1.82, 2.24) is 24.8 Å². The number of nitrogens with zero attached hydrogens (tertiary/aromatic N) is 5. The second-order valence-corrected chi connectivity index (χ2v) is 7.01. The van der Waals surface area contributed by atoms with Crippen LogP contribution >= 0.6 is 11.6 Å². The Morgan fingerprint density at radius 2 is 1.93 bits per heavy atom. The summed E-state index contributed by atoms with van der Waals surface area (Å²) in [5, 5.41) is 8.71. The van der Waals surface area contributed by atoms with E-state index in [4.69, 9.17) is 16.1 Å². The molecule has 0 aliphatic carbocycles. The molecule has 0 N–H and O–H groups in total. The van der Waals surface area contributed by atoms with Crippen LogP contribution in [-0.2, 0) is 19.4 Å². The van der Waals surface area contributed by atoms with E-state index in [-0.39, 0.29) is 29.5 Å². The molecule has 1 aromatic carbocycles. The van der Waals surface area contributed by atoms with Crippen LogP contribution in [0.5, 0.6) is 0 Å². The van der Waals surface area contributed by atoms with Crippen molar-refractivity contribution in [2.45, 2.75) is 26.3 Å². The fourth-order valence-electron chi connectivity index (χ4n) is 2.65. The van der Waals surface area contributed by atoms with Gasteiger partial charge in [-0.1, -0.05) is 28.9 Å². The summed E-state index contributed by atoms with van der Waals surface area (Å²) in [6.07, 6.45) is 2.73. The summed E-state index contributed by atoms with van der Waals surface area (Å²) in [6, 6.07) is 7.58. The first-order valence-electron chi connectivity index (χ1n) is 8.69. The second kappa shape index (κ2) is 8.35. The van der Waals surface area contributed by atoms with Gasteiger partial charge in [0.25, 0.3) is 11.5 Å². The number of carbonyl (C=O) groups is 1. The Balaban J connectivity index is 1.69. The molecule has 0 radical (unpaired) electrons. The van der Waals surface area contributed by atoms with Crippen molar-refractivity contribution in [3.05, 3.63) is 74.2 Å². The lowest BCUT2D eigenvalue weighted by molar-refractivity contribution is 0.0826. The average molecular weight is 402 g/mol. The molecule has 0 aliphatic rings. The van der Waals surface area contributed by atoms with E-state index < -0.39 is 0 Å². The molecule has 8 nitrogen and oxygen atoms in total. The van der Waals surface area contributed by atoms with Gasteiger partial charge < -0.3 is 9.42 Å². The van der Waals surface area contributed by atoms with Gasteiger partial charge >= 0.3 is 0 Å². The van der Waals surface area contributed by atoms with Crippen molar-refractivity contribution in [3.63, 3.8) is 0 Å². The summed E-state index contributed by atoms with van der Waals surface area (Å²) in [5.41, 5.74) is 1.36. The molecule has 0 atom stereocenters. The molecule has 9 heteroatoms. The lowest BCUT2D eigenvalue weighted by Gasteiger charge is -2.12. The lowest BCUT2D eigenvalue weighted by Crippen LogP contribution is -2.31. The lowest BCUT2D eigenvalue weighted by atomic mass is 10.1. The first-order valence-corrected chi connectivity index (χ1v) is 9.07. The molecule has 28 heavy (non-hydrogen) atoms. The topological polar surface area (TPSA) is 94.1 Å². The normalized spacial score (nSPS) is 10.9. The van der Waals surface area contributed by atoms with E-state index in [0.717, 1.165) is 12.0 Å². The van der Waals surface area contributed by atoms with Crippen LogP contribution in [0.2, 0.25) is 5.02 Å². The highest BCUT2D eigenvalue weighted by atomic mass is 35.5. The fraction of sp³-hybridized carbons (Fsp3) is 0.316. The van der Waals surface area contributed by atoms with Crippen molar-refractivity contribution < 1.29 is 9.32 Å². The smallest absolute Gasteiger partial charge is 0.270 e. The number of hydrogen-bond acceptors (Lipinski definition) is 6. The van der Waals surface area contributed by atoms with Gasteiger partial charge in [0.1, 0.15) is 6.54 Å². The van der Waals surface area contributed by atoms with Gasteiger partial charge in [-0.25, -0.2) is 4.68 Å². The molecule has 0 spiro atoms. The summed E-state index contributed by atoms with van der Waals surface area (Å²) in [5.74, 6) is 0.567. The van der Waals surface area contributed by atoms with Crippen LogP contribution in [0.3, 0.4) is 0 Å². The third kappa shape index (κ3) is 4.45. The van der Waals surface area contributed by atoms with Gasteiger partial charge in [-0.3, -0.25) is 9.59 Å². The van der Waals surface area contributed by atoms with Gasteiger partial charge in [-0.15, -0.1) is 0 Å². The molecular weight excluding hydrogens is 382 g/mol. The zero-order chi connectivity index (χ0) is 20.3. The SMILES string of the molecule is Cc1c(C(=O)N(C)C)cnn(Cc2nc(CCc3ccc(Cl)cc3)no2)c1=O. The van der Waals surface area contributed by atoms with E-state index in [2.05, 4.69) is 15.2 Å². The third-order valence-corrected chi connectivity index (χ3v) is 4.52. The Morgan fingerprint density at radius 3 is 2.61 bits per heavy atom. The molecule has 0 saturated carbocycles. The maximum absolute atomic E-state index is 12.5. The molecule has 146 valence electrons. The van der Waals surface area contributed by atoms with E-state index in [0.29, 0.717) is 22.8 Å². The molecule has 0 saturated heterocycles. The van der Waals surface area contributed by atoms with Crippen molar-refractivity contribution in [3.8, 4) is 0 Å². The number of hydrogen-bond donors (Lipinski definition) is 0. The Bertz CT molecular complexity index is 1040. The molecule has 0 aliphatic heterocycles. The van der Waals surface area contributed by atoms with Gasteiger partial charge in [-0.2, -0.15) is 10.1 Å². The summed E-state index contributed by atoms with van der Waals surface area (Å²) in [4.78, 5) is 30.3. The van der Waals surface area contributed by atoms with Gasteiger partial charge in [0.15, 0.2) is 5.82 Å². The van der Waals surface area contributed by atoms with E-state index in [9.17, 15) is 9.59 Å². The van der Waals surface area contributed by atoms with Gasteiger partial charge in [0.2, 0.25) is 5.89 Å². The summed E-state index contributed by atoms with van der Waals surface area (Å²) >= 11 is 5.88. The molecule has 0 fully saturated rings. The number of benzene rings is 1. The minimum absolute atomic E-state index is 0.0457. The Hall–Kier alpha value is -3.00. The zero-order valence-corrected chi connectivity index (χ0v) is 16.6. The first-order chi connectivity index (χ1) is 13.3. The molecule has 0 unspecified atom stereocenters. The summed E-state index contributed by atoms with van der Waals surface area (Å²) < 4.78 is 6.44. The van der Waals surface area contributed by atoms with Crippen LogP contribution in [0.15, 0.2) is 39.8 Å². The maximum Gasteiger partial charge on any atom is 0.270 e. The van der Waals surface area contributed by atoms with Crippen LogP contribution < -0.4 is 5.56 Å². The number of amides is 1. The Labute approximate surface area is 166 Å². The molecule has 3 aromatic rings. The van der Waals surface area contributed by atoms with Crippen LogP contribution in [0, 0.1) is 6.92 Å². The summed E-state index contributed by atoms with van der Waals surface area (Å²) in [6.45, 7) is 1.65. The molecule has 0 bridgehead atoms.